The first kappa shape index (κ1) is 23.8. The summed E-state index contributed by atoms with van der Waals surface area (Å²) in [7, 11) is 1.47. The molecule has 0 heterocycles. The van der Waals surface area contributed by atoms with Crippen molar-refractivity contribution < 1.29 is 23.8 Å². The smallest absolute Gasteiger partial charge is 0.317 e. The predicted molar refractivity (Wildman–Crippen MR) is 124 cm³/mol. The lowest BCUT2D eigenvalue weighted by molar-refractivity contribution is -0.136. The standard InChI is InChI=1S/C26H27FN2O4/c1-3-29(26(32)28-16-18-8-5-4-6-9-18)17-20-14-21(27)12-13-22(20)23-11-7-10-19(15-24(30)31)25(23)33-2/h4-14H,3,15-17H2,1-2H3,(H,28,32)(H,30,31). The Morgan fingerprint density at radius 1 is 1.00 bits per heavy atom. The summed E-state index contributed by atoms with van der Waals surface area (Å²) in [4.78, 5) is 25.7. The Balaban J connectivity index is 1.89. The molecule has 3 rings (SSSR count). The number of hydrogen-bond donors (Lipinski definition) is 2. The van der Waals surface area contributed by atoms with Gasteiger partial charge in [0.1, 0.15) is 11.6 Å². The molecule has 0 aliphatic rings. The third-order valence-corrected chi connectivity index (χ3v) is 5.32. The van der Waals surface area contributed by atoms with Gasteiger partial charge < -0.3 is 20.1 Å². The number of rotatable bonds is 9. The van der Waals surface area contributed by atoms with Gasteiger partial charge in [-0.3, -0.25) is 4.79 Å². The average Bonchev–Trinajstić information content (AvgIpc) is 2.81. The Kier molecular flexibility index (Phi) is 8.02. The zero-order chi connectivity index (χ0) is 23.8. The number of para-hydroxylation sites is 1. The van der Waals surface area contributed by atoms with Crippen LogP contribution in [0.1, 0.15) is 23.6 Å². The topological polar surface area (TPSA) is 78.9 Å². The number of carboxylic acids is 1. The molecule has 0 aliphatic heterocycles. The molecular formula is C26H27FN2O4. The van der Waals surface area contributed by atoms with Crippen LogP contribution in [-0.4, -0.2) is 35.7 Å². The molecule has 0 radical (unpaired) electrons. The highest BCUT2D eigenvalue weighted by Crippen LogP contribution is 2.36. The number of hydrogen-bond acceptors (Lipinski definition) is 3. The number of amides is 2. The number of methoxy groups -OCH3 is 1. The van der Waals surface area contributed by atoms with Crippen molar-refractivity contribution in [3.63, 3.8) is 0 Å². The van der Waals surface area contributed by atoms with Crippen LogP contribution in [0, 0.1) is 5.82 Å². The van der Waals surface area contributed by atoms with Gasteiger partial charge >= 0.3 is 12.0 Å². The first-order valence-corrected chi connectivity index (χ1v) is 10.7. The second-order valence-corrected chi connectivity index (χ2v) is 7.53. The van der Waals surface area contributed by atoms with Gasteiger partial charge in [-0.15, -0.1) is 0 Å². The highest BCUT2D eigenvalue weighted by molar-refractivity contribution is 5.79. The number of carbonyl (C=O) groups excluding carboxylic acids is 1. The van der Waals surface area contributed by atoms with Crippen molar-refractivity contribution in [3.8, 4) is 16.9 Å². The summed E-state index contributed by atoms with van der Waals surface area (Å²) in [5, 5.41) is 12.1. The van der Waals surface area contributed by atoms with Gasteiger partial charge in [-0.25, -0.2) is 9.18 Å². The largest absolute Gasteiger partial charge is 0.496 e. The first-order chi connectivity index (χ1) is 15.9. The minimum Gasteiger partial charge on any atom is -0.496 e. The van der Waals surface area contributed by atoms with E-state index in [9.17, 15) is 19.1 Å². The van der Waals surface area contributed by atoms with E-state index < -0.39 is 11.8 Å². The number of ether oxygens (including phenoxy) is 1. The lowest BCUT2D eigenvalue weighted by Gasteiger charge is -2.24. The summed E-state index contributed by atoms with van der Waals surface area (Å²) in [5.41, 5.74) is 3.42. The van der Waals surface area contributed by atoms with Crippen molar-refractivity contribution in [1.29, 1.82) is 0 Å². The van der Waals surface area contributed by atoms with Crippen LogP contribution in [0.3, 0.4) is 0 Å². The molecule has 0 atom stereocenters. The van der Waals surface area contributed by atoms with Crippen LogP contribution in [0.2, 0.25) is 0 Å². The van der Waals surface area contributed by atoms with Gasteiger partial charge in [0, 0.05) is 30.8 Å². The minimum absolute atomic E-state index is 0.177. The predicted octanol–water partition coefficient (Wildman–Crippen LogP) is 4.86. The number of halogens is 1. The van der Waals surface area contributed by atoms with Crippen molar-refractivity contribution in [2.24, 2.45) is 0 Å². The van der Waals surface area contributed by atoms with E-state index in [4.69, 9.17) is 4.74 Å². The van der Waals surface area contributed by atoms with Gasteiger partial charge in [0.2, 0.25) is 0 Å². The fourth-order valence-corrected chi connectivity index (χ4v) is 3.71. The van der Waals surface area contributed by atoms with Crippen molar-refractivity contribution >= 4 is 12.0 Å². The maximum atomic E-state index is 14.2. The third kappa shape index (κ3) is 6.10. The molecule has 6 nitrogen and oxygen atoms in total. The summed E-state index contributed by atoms with van der Waals surface area (Å²) in [6.45, 7) is 2.84. The molecule has 172 valence electrons. The Labute approximate surface area is 192 Å². The molecule has 3 aromatic carbocycles. The van der Waals surface area contributed by atoms with Gasteiger partial charge in [-0.2, -0.15) is 0 Å². The molecule has 0 unspecified atom stereocenters. The number of urea groups is 1. The fourth-order valence-electron chi connectivity index (χ4n) is 3.71. The number of carbonyl (C=O) groups is 2. The van der Waals surface area contributed by atoms with E-state index in [2.05, 4.69) is 5.32 Å². The van der Waals surface area contributed by atoms with Gasteiger partial charge in [-0.1, -0.05) is 54.6 Å². The van der Waals surface area contributed by atoms with Gasteiger partial charge in [0.15, 0.2) is 0 Å². The second-order valence-electron chi connectivity index (χ2n) is 7.53. The molecule has 2 N–H and O–H groups in total. The summed E-state index contributed by atoms with van der Waals surface area (Å²) in [5.74, 6) is -0.975. The van der Waals surface area contributed by atoms with Gasteiger partial charge in [0.05, 0.1) is 13.5 Å². The SMILES string of the molecule is CCN(Cc1cc(F)ccc1-c1cccc(CC(=O)O)c1OC)C(=O)NCc1ccccc1. The maximum absolute atomic E-state index is 14.2. The van der Waals surface area contributed by atoms with E-state index in [1.165, 1.54) is 19.2 Å². The van der Waals surface area contributed by atoms with Gasteiger partial charge in [-0.05, 0) is 35.7 Å². The summed E-state index contributed by atoms with van der Waals surface area (Å²) in [6, 6.07) is 18.9. The highest BCUT2D eigenvalue weighted by atomic mass is 19.1. The Morgan fingerprint density at radius 2 is 1.76 bits per heavy atom. The number of aliphatic carboxylic acids is 1. The molecule has 0 saturated carbocycles. The van der Waals surface area contributed by atoms with E-state index >= 15 is 0 Å². The normalized spacial score (nSPS) is 10.5. The van der Waals surface area contributed by atoms with Gasteiger partial charge in [0.25, 0.3) is 0 Å². The van der Waals surface area contributed by atoms with Crippen molar-refractivity contribution in [1.82, 2.24) is 10.2 Å². The zero-order valence-corrected chi connectivity index (χ0v) is 18.7. The highest BCUT2D eigenvalue weighted by Gasteiger charge is 2.19. The molecule has 0 aliphatic carbocycles. The van der Waals surface area contributed by atoms with Crippen LogP contribution < -0.4 is 10.1 Å². The molecule has 0 bridgehead atoms. The summed E-state index contributed by atoms with van der Waals surface area (Å²) in [6.07, 6.45) is -0.198. The maximum Gasteiger partial charge on any atom is 0.317 e. The Morgan fingerprint density at radius 3 is 2.42 bits per heavy atom. The molecule has 33 heavy (non-hydrogen) atoms. The fraction of sp³-hybridized carbons (Fsp3) is 0.231. The molecule has 7 heteroatoms. The Bertz CT molecular complexity index is 1120. The van der Waals surface area contributed by atoms with E-state index in [0.29, 0.717) is 41.1 Å². The molecule has 0 saturated heterocycles. The van der Waals surface area contributed by atoms with Crippen molar-refractivity contribution in [3.05, 3.63) is 89.2 Å². The molecule has 2 amide bonds. The quantitative estimate of drug-likeness (QED) is 0.488. The van der Waals surface area contributed by atoms with Crippen LogP contribution in [-0.2, 0) is 24.3 Å². The van der Waals surface area contributed by atoms with Crippen LogP contribution in [0.4, 0.5) is 9.18 Å². The lowest BCUT2D eigenvalue weighted by Crippen LogP contribution is -2.39. The van der Waals surface area contributed by atoms with Crippen LogP contribution in [0.15, 0.2) is 66.7 Å². The molecular weight excluding hydrogens is 423 g/mol. The number of carboxylic acid groups (broad SMARTS) is 1. The third-order valence-electron chi connectivity index (χ3n) is 5.32. The number of benzene rings is 3. The number of nitrogens with zero attached hydrogens (tertiary/aromatic N) is 1. The van der Waals surface area contributed by atoms with Crippen LogP contribution in [0.25, 0.3) is 11.1 Å². The molecule has 3 aromatic rings. The van der Waals surface area contributed by atoms with E-state index in [-0.39, 0.29) is 19.0 Å². The second kappa shape index (κ2) is 11.1. The summed E-state index contributed by atoms with van der Waals surface area (Å²) < 4.78 is 19.7. The first-order valence-electron chi connectivity index (χ1n) is 10.7. The molecule has 0 spiro atoms. The van der Waals surface area contributed by atoms with E-state index in [1.54, 1.807) is 29.2 Å². The van der Waals surface area contributed by atoms with E-state index in [0.717, 1.165) is 5.56 Å². The average molecular weight is 451 g/mol. The van der Waals surface area contributed by atoms with Crippen LogP contribution >= 0.6 is 0 Å². The Hall–Kier alpha value is -3.87. The monoisotopic (exact) mass is 450 g/mol. The molecule has 0 fully saturated rings. The summed E-state index contributed by atoms with van der Waals surface area (Å²) >= 11 is 0. The molecule has 0 aromatic heterocycles. The minimum atomic E-state index is -0.975. The van der Waals surface area contributed by atoms with E-state index in [1.807, 2.05) is 37.3 Å². The lowest BCUT2D eigenvalue weighted by atomic mass is 9.95. The van der Waals surface area contributed by atoms with Crippen molar-refractivity contribution in [2.45, 2.75) is 26.4 Å². The number of nitrogens with one attached hydrogen (secondary N) is 1. The van der Waals surface area contributed by atoms with Crippen molar-refractivity contribution in [2.75, 3.05) is 13.7 Å². The zero-order valence-electron chi connectivity index (χ0n) is 18.7. The van der Waals surface area contributed by atoms with Crippen LogP contribution in [0.5, 0.6) is 5.75 Å².